The fourth-order valence-corrected chi connectivity index (χ4v) is 4.58. The molecule has 0 radical (unpaired) electrons. The van der Waals surface area contributed by atoms with Crippen LogP contribution in [0.3, 0.4) is 0 Å². The van der Waals surface area contributed by atoms with Gasteiger partial charge in [-0.25, -0.2) is 0 Å². The first-order valence-electron chi connectivity index (χ1n) is 8.76. The summed E-state index contributed by atoms with van der Waals surface area (Å²) >= 11 is 15.0. The lowest BCUT2D eigenvalue weighted by atomic mass is 10.1. The molecule has 28 heavy (non-hydrogen) atoms. The topological polar surface area (TPSA) is 59.8 Å². The maximum atomic E-state index is 12.3. The molecule has 0 aliphatic rings. The van der Waals surface area contributed by atoms with Gasteiger partial charge < -0.3 is 9.88 Å². The molecule has 0 bridgehead atoms. The van der Waals surface area contributed by atoms with Gasteiger partial charge in [-0.2, -0.15) is 0 Å². The third-order valence-electron chi connectivity index (χ3n) is 4.23. The number of carbonyl (C=O) groups is 1. The van der Waals surface area contributed by atoms with Crippen LogP contribution in [0.25, 0.3) is 11.4 Å². The third kappa shape index (κ3) is 4.71. The average Bonchev–Trinajstić information content (AvgIpc) is 3.20. The van der Waals surface area contributed by atoms with Crippen LogP contribution in [0.1, 0.15) is 23.8 Å². The lowest BCUT2D eigenvalue weighted by Crippen LogP contribution is -2.14. The summed E-state index contributed by atoms with van der Waals surface area (Å²) < 4.78 is 2.09. The standard InChI is InChI=1S/C19H20Cl2N4OS2/c1-4-7-25-18(14-9-27-12(3)11(14)2)23-24-19(25)28-10-17(26)22-13-5-6-15(20)16(21)8-13/h5-6,8-9H,4,7,10H2,1-3H3,(H,22,26). The molecule has 9 heteroatoms. The highest BCUT2D eigenvalue weighted by molar-refractivity contribution is 7.99. The first-order valence-corrected chi connectivity index (χ1v) is 11.4. The van der Waals surface area contributed by atoms with E-state index in [1.54, 1.807) is 29.5 Å². The van der Waals surface area contributed by atoms with E-state index in [0.29, 0.717) is 15.7 Å². The monoisotopic (exact) mass is 454 g/mol. The Labute approximate surface area is 182 Å². The number of aryl methyl sites for hydroxylation is 1. The van der Waals surface area contributed by atoms with Crippen LogP contribution in [0.15, 0.2) is 28.7 Å². The van der Waals surface area contributed by atoms with Crippen molar-refractivity contribution in [2.24, 2.45) is 0 Å². The summed E-state index contributed by atoms with van der Waals surface area (Å²) in [5, 5.41) is 15.3. The predicted molar refractivity (Wildman–Crippen MR) is 119 cm³/mol. The zero-order valence-corrected chi connectivity index (χ0v) is 18.9. The van der Waals surface area contributed by atoms with Crippen LogP contribution in [0.2, 0.25) is 10.0 Å². The number of amides is 1. The highest BCUT2D eigenvalue weighted by atomic mass is 35.5. The van der Waals surface area contributed by atoms with Gasteiger partial charge in [0.25, 0.3) is 0 Å². The smallest absolute Gasteiger partial charge is 0.234 e. The molecule has 2 aromatic heterocycles. The molecule has 0 aliphatic heterocycles. The van der Waals surface area contributed by atoms with Crippen molar-refractivity contribution in [3.05, 3.63) is 44.1 Å². The summed E-state index contributed by atoms with van der Waals surface area (Å²) in [5.41, 5.74) is 2.94. The van der Waals surface area contributed by atoms with Crippen molar-refractivity contribution < 1.29 is 4.79 Å². The van der Waals surface area contributed by atoms with Gasteiger partial charge in [0, 0.05) is 28.1 Å². The number of rotatable bonds is 7. The Morgan fingerprint density at radius 3 is 2.68 bits per heavy atom. The fourth-order valence-electron chi connectivity index (χ4n) is 2.66. The van der Waals surface area contributed by atoms with Crippen LogP contribution in [0.5, 0.6) is 0 Å². The molecule has 0 unspecified atom stereocenters. The number of thiophene rings is 1. The van der Waals surface area contributed by atoms with Crippen molar-refractivity contribution in [1.29, 1.82) is 0 Å². The van der Waals surface area contributed by atoms with E-state index in [1.807, 2.05) is 0 Å². The first-order chi connectivity index (χ1) is 13.4. The highest BCUT2D eigenvalue weighted by Crippen LogP contribution is 2.32. The van der Waals surface area contributed by atoms with Crippen LogP contribution in [-0.4, -0.2) is 26.4 Å². The number of nitrogens with zero attached hydrogens (tertiary/aromatic N) is 3. The predicted octanol–water partition coefficient (Wildman–Crippen LogP) is 6.07. The molecule has 0 saturated carbocycles. The fraction of sp³-hybridized carbons (Fsp3) is 0.316. The minimum atomic E-state index is -0.140. The molecule has 2 heterocycles. The maximum Gasteiger partial charge on any atom is 0.234 e. The minimum absolute atomic E-state index is 0.140. The molecule has 0 spiro atoms. The number of benzene rings is 1. The van der Waals surface area contributed by atoms with Crippen molar-refractivity contribution in [2.45, 2.75) is 38.9 Å². The van der Waals surface area contributed by atoms with Crippen molar-refractivity contribution in [3.63, 3.8) is 0 Å². The number of aromatic nitrogens is 3. The maximum absolute atomic E-state index is 12.3. The number of halogens is 2. The molecular weight excluding hydrogens is 435 g/mol. The number of nitrogens with one attached hydrogen (secondary N) is 1. The van der Waals surface area contributed by atoms with E-state index in [2.05, 4.69) is 46.2 Å². The molecule has 5 nitrogen and oxygen atoms in total. The molecule has 0 atom stereocenters. The normalized spacial score (nSPS) is 11.0. The molecule has 1 amide bonds. The van der Waals surface area contributed by atoms with Crippen LogP contribution in [-0.2, 0) is 11.3 Å². The molecule has 3 aromatic rings. The molecule has 0 saturated heterocycles. The summed E-state index contributed by atoms with van der Waals surface area (Å²) in [6, 6.07) is 5.00. The summed E-state index contributed by atoms with van der Waals surface area (Å²) in [7, 11) is 0. The number of hydrogen-bond acceptors (Lipinski definition) is 5. The Morgan fingerprint density at radius 2 is 2.04 bits per heavy atom. The van der Waals surface area contributed by atoms with Gasteiger partial charge in [0.05, 0.1) is 15.8 Å². The zero-order chi connectivity index (χ0) is 20.3. The van der Waals surface area contributed by atoms with Gasteiger partial charge in [0.15, 0.2) is 11.0 Å². The Hall–Kier alpha value is -1.54. The molecule has 0 fully saturated rings. The van der Waals surface area contributed by atoms with Gasteiger partial charge in [-0.1, -0.05) is 41.9 Å². The van der Waals surface area contributed by atoms with Crippen molar-refractivity contribution in [3.8, 4) is 11.4 Å². The van der Waals surface area contributed by atoms with Crippen LogP contribution < -0.4 is 5.32 Å². The Kier molecular flexibility index (Phi) is 7.04. The van der Waals surface area contributed by atoms with E-state index in [0.717, 1.165) is 29.5 Å². The highest BCUT2D eigenvalue weighted by Gasteiger charge is 2.18. The van der Waals surface area contributed by atoms with Crippen LogP contribution in [0, 0.1) is 13.8 Å². The summed E-state index contributed by atoms with van der Waals surface area (Å²) in [4.78, 5) is 13.6. The lowest BCUT2D eigenvalue weighted by Gasteiger charge is -2.09. The van der Waals surface area contributed by atoms with E-state index < -0.39 is 0 Å². The second kappa shape index (κ2) is 9.31. The van der Waals surface area contributed by atoms with E-state index in [1.165, 1.54) is 22.2 Å². The largest absolute Gasteiger partial charge is 0.325 e. The van der Waals surface area contributed by atoms with Gasteiger partial charge in [-0.05, 0) is 44.0 Å². The molecule has 148 valence electrons. The Morgan fingerprint density at radius 1 is 1.25 bits per heavy atom. The quantitative estimate of drug-likeness (QED) is 0.439. The number of carbonyl (C=O) groups excluding carboxylic acids is 1. The van der Waals surface area contributed by atoms with Gasteiger partial charge in [-0.3, -0.25) is 4.79 Å². The van der Waals surface area contributed by atoms with Crippen molar-refractivity contribution in [1.82, 2.24) is 14.8 Å². The van der Waals surface area contributed by atoms with Gasteiger partial charge in [-0.15, -0.1) is 21.5 Å². The van der Waals surface area contributed by atoms with E-state index in [9.17, 15) is 4.79 Å². The molecule has 0 aliphatic carbocycles. The van der Waals surface area contributed by atoms with Crippen LogP contribution in [0.4, 0.5) is 5.69 Å². The second-order valence-corrected chi connectivity index (χ2v) is 9.09. The second-order valence-electron chi connectivity index (χ2n) is 6.25. The van der Waals surface area contributed by atoms with Crippen molar-refractivity contribution >= 4 is 57.9 Å². The summed E-state index contributed by atoms with van der Waals surface area (Å²) in [5.74, 6) is 0.943. The van der Waals surface area contributed by atoms with Crippen molar-refractivity contribution in [2.75, 3.05) is 11.1 Å². The molecular formula is C19H20Cl2N4OS2. The van der Waals surface area contributed by atoms with Crippen LogP contribution >= 0.6 is 46.3 Å². The van der Waals surface area contributed by atoms with Gasteiger partial charge >= 0.3 is 0 Å². The lowest BCUT2D eigenvalue weighted by molar-refractivity contribution is -0.113. The number of anilines is 1. The molecule has 1 N–H and O–H groups in total. The number of thioether (sulfide) groups is 1. The minimum Gasteiger partial charge on any atom is -0.325 e. The summed E-state index contributed by atoms with van der Waals surface area (Å²) in [6.07, 6.45) is 0.955. The van der Waals surface area contributed by atoms with E-state index >= 15 is 0 Å². The van der Waals surface area contributed by atoms with E-state index in [4.69, 9.17) is 23.2 Å². The molecule has 3 rings (SSSR count). The molecule has 1 aromatic carbocycles. The van der Waals surface area contributed by atoms with E-state index in [-0.39, 0.29) is 11.7 Å². The average molecular weight is 455 g/mol. The zero-order valence-electron chi connectivity index (χ0n) is 15.8. The van der Waals surface area contributed by atoms with Gasteiger partial charge in [0.1, 0.15) is 0 Å². The number of hydrogen-bond donors (Lipinski definition) is 1. The van der Waals surface area contributed by atoms with Gasteiger partial charge in [0.2, 0.25) is 5.91 Å². The Balaban J connectivity index is 1.72. The summed E-state index contributed by atoms with van der Waals surface area (Å²) in [6.45, 7) is 7.12. The SMILES string of the molecule is CCCn1c(SCC(=O)Nc2ccc(Cl)c(Cl)c2)nnc1-c1csc(C)c1C. The Bertz CT molecular complexity index is 1000. The third-order valence-corrected chi connectivity index (χ3v) is 6.95. The first kappa shape index (κ1) is 21.2.